The lowest BCUT2D eigenvalue weighted by molar-refractivity contribution is -0.127. The average Bonchev–Trinajstić information content (AvgIpc) is 2.61. The molecule has 5 nitrogen and oxygen atoms in total. The minimum absolute atomic E-state index is 0.152. The summed E-state index contributed by atoms with van der Waals surface area (Å²) in [6.07, 6.45) is 13.7. The summed E-state index contributed by atoms with van der Waals surface area (Å²) in [6.45, 7) is 2.28. The lowest BCUT2D eigenvalue weighted by atomic mass is 10.1. The third-order valence-electron chi connectivity index (χ3n) is 4.11. The molecule has 25 heavy (non-hydrogen) atoms. The smallest absolute Gasteiger partial charge is 0.247 e. The summed E-state index contributed by atoms with van der Waals surface area (Å²) in [6, 6.07) is 0. The first-order chi connectivity index (χ1) is 12.2. The number of amides is 1. The standard InChI is InChI=1S/C19H37NO4S/c1-2-3-4-5-6-7-8-9-10-11-17-25(24)18-12-19(23)20(13-15-21)14-16-22/h12,18,21-22H,2-11,13-17H2,1H3. The first-order valence-electron chi connectivity index (χ1n) is 9.71. The van der Waals surface area contributed by atoms with E-state index < -0.39 is 10.8 Å². The van der Waals surface area contributed by atoms with Crippen LogP contribution in [0.3, 0.4) is 0 Å². The van der Waals surface area contributed by atoms with Crippen molar-refractivity contribution in [3.63, 3.8) is 0 Å². The van der Waals surface area contributed by atoms with Crippen LogP contribution in [0, 0.1) is 0 Å². The zero-order valence-electron chi connectivity index (χ0n) is 15.8. The largest absolute Gasteiger partial charge is 0.395 e. The lowest BCUT2D eigenvalue weighted by Crippen LogP contribution is -2.34. The maximum Gasteiger partial charge on any atom is 0.247 e. The highest BCUT2D eigenvalue weighted by Gasteiger charge is 2.09. The Balaban J connectivity index is 3.70. The zero-order chi connectivity index (χ0) is 18.8. The highest BCUT2D eigenvalue weighted by molar-refractivity contribution is 7.87. The summed E-state index contributed by atoms with van der Waals surface area (Å²) < 4.78 is 11.9. The molecule has 0 saturated carbocycles. The summed E-state index contributed by atoms with van der Waals surface area (Å²) in [5.74, 6) is 0.264. The van der Waals surface area contributed by atoms with Crippen molar-refractivity contribution in [2.24, 2.45) is 0 Å². The molecule has 6 heteroatoms. The normalized spacial score (nSPS) is 12.6. The van der Waals surface area contributed by atoms with Crippen molar-refractivity contribution in [3.05, 3.63) is 11.5 Å². The molecule has 0 spiro atoms. The van der Waals surface area contributed by atoms with Crippen molar-refractivity contribution in [1.82, 2.24) is 4.90 Å². The topological polar surface area (TPSA) is 77.8 Å². The zero-order valence-corrected chi connectivity index (χ0v) is 16.6. The second kappa shape index (κ2) is 18.1. The van der Waals surface area contributed by atoms with Crippen LogP contribution in [0.4, 0.5) is 0 Å². The van der Waals surface area contributed by atoms with E-state index in [1.165, 1.54) is 67.8 Å². The van der Waals surface area contributed by atoms with E-state index in [1.807, 2.05) is 0 Å². The summed E-state index contributed by atoms with van der Waals surface area (Å²) in [5.41, 5.74) is 0. The van der Waals surface area contributed by atoms with Crippen LogP contribution in [0.5, 0.6) is 0 Å². The molecule has 0 aliphatic heterocycles. The molecule has 1 amide bonds. The van der Waals surface area contributed by atoms with Crippen molar-refractivity contribution >= 4 is 16.7 Å². The van der Waals surface area contributed by atoms with E-state index >= 15 is 0 Å². The molecule has 0 aromatic carbocycles. The Labute approximate surface area is 156 Å². The predicted octanol–water partition coefficient (Wildman–Crippen LogP) is 2.98. The number of hydrogen-bond donors (Lipinski definition) is 2. The lowest BCUT2D eigenvalue weighted by Gasteiger charge is -2.18. The van der Waals surface area contributed by atoms with Crippen LogP contribution in [-0.4, -0.2) is 57.3 Å². The van der Waals surface area contributed by atoms with E-state index in [1.54, 1.807) is 0 Å². The number of nitrogens with zero attached hydrogens (tertiary/aromatic N) is 1. The van der Waals surface area contributed by atoms with Gasteiger partial charge in [-0.15, -0.1) is 0 Å². The Bertz CT molecular complexity index is 368. The van der Waals surface area contributed by atoms with Crippen molar-refractivity contribution in [1.29, 1.82) is 0 Å². The fourth-order valence-electron chi connectivity index (χ4n) is 2.61. The first-order valence-corrected chi connectivity index (χ1v) is 11.1. The van der Waals surface area contributed by atoms with Crippen LogP contribution in [0.25, 0.3) is 0 Å². The van der Waals surface area contributed by atoms with E-state index in [0.717, 1.165) is 12.8 Å². The number of carbonyl (C=O) groups is 1. The molecular formula is C19H37NO4S. The van der Waals surface area contributed by atoms with E-state index in [0.29, 0.717) is 5.75 Å². The number of aliphatic hydroxyl groups excluding tert-OH is 2. The molecule has 0 aromatic rings. The molecule has 2 N–H and O–H groups in total. The molecule has 0 aromatic heterocycles. The Kier molecular flexibility index (Phi) is 17.6. The van der Waals surface area contributed by atoms with E-state index in [2.05, 4.69) is 6.92 Å². The molecule has 0 radical (unpaired) electrons. The number of rotatable bonds is 17. The van der Waals surface area contributed by atoms with Gasteiger partial charge in [0.15, 0.2) is 0 Å². The van der Waals surface area contributed by atoms with E-state index in [4.69, 9.17) is 10.2 Å². The molecule has 0 heterocycles. The molecule has 1 unspecified atom stereocenters. The summed E-state index contributed by atoms with van der Waals surface area (Å²) in [7, 11) is -1.13. The van der Waals surface area contributed by atoms with Gasteiger partial charge in [-0.25, -0.2) is 0 Å². The maximum atomic E-state index is 11.9. The third kappa shape index (κ3) is 15.3. The number of aliphatic hydroxyl groups is 2. The van der Waals surface area contributed by atoms with Gasteiger partial charge in [-0.2, -0.15) is 0 Å². The molecule has 0 aliphatic carbocycles. The van der Waals surface area contributed by atoms with Gasteiger partial charge in [0.2, 0.25) is 5.91 Å². The molecule has 0 fully saturated rings. The highest BCUT2D eigenvalue weighted by Crippen LogP contribution is 2.10. The summed E-state index contributed by atoms with van der Waals surface area (Å²) in [5, 5.41) is 19.2. The summed E-state index contributed by atoms with van der Waals surface area (Å²) >= 11 is 0. The maximum absolute atomic E-state index is 11.9. The fraction of sp³-hybridized carbons (Fsp3) is 0.842. The predicted molar refractivity (Wildman–Crippen MR) is 105 cm³/mol. The Morgan fingerprint density at radius 3 is 1.84 bits per heavy atom. The Morgan fingerprint density at radius 1 is 0.880 bits per heavy atom. The van der Waals surface area contributed by atoms with Gasteiger partial charge in [0, 0.05) is 41.1 Å². The van der Waals surface area contributed by atoms with Crippen molar-refractivity contribution in [3.8, 4) is 0 Å². The highest BCUT2D eigenvalue weighted by atomic mass is 32.2. The van der Waals surface area contributed by atoms with E-state index in [-0.39, 0.29) is 32.2 Å². The van der Waals surface area contributed by atoms with E-state index in [9.17, 15) is 9.00 Å². The van der Waals surface area contributed by atoms with Crippen LogP contribution in [0.1, 0.15) is 71.1 Å². The van der Waals surface area contributed by atoms with Gasteiger partial charge >= 0.3 is 0 Å². The molecule has 1 atom stereocenters. The second-order valence-corrected chi connectivity index (χ2v) is 7.78. The van der Waals surface area contributed by atoms with Gasteiger partial charge in [-0.3, -0.25) is 9.00 Å². The SMILES string of the molecule is CCCCCCCCCCCCS(=O)C=CC(=O)N(CCO)CCO. The van der Waals surface area contributed by atoms with Crippen molar-refractivity contribution < 1.29 is 19.2 Å². The quantitative estimate of drug-likeness (QED) is 0.303. The number of unbranched alkanes of at least 4 members (excludes halogenated alkanes) is 9. The van der Waals surface area contributed by atoms with Crippen molar-refractivity contribution in [2.75, 3.05) is 32.1 Å². The third-order valence-corrected chi connectivity index (χ3v) is 5.24. The molecule has 148 valence electrons. The van der Waals surface area contributed by atoms with Crippen LogP contribution in [0.15, 0.2) is 11.5 Å². The van der Waals surface area contributed by atoms with Crippen LogP contribution in [0.2, 0.25) is 0 Å². The average molecular weight is 376 g/mol. The van der Waals surface area contributed by atoms with Crippen LogP contribution >= 0.6 is 0 Å². The van der Waals surface area contributed by atoms with Gasteiger partial charge in [0.05, 0.1) is 13.2 Å². The Hall–Kier alpha value is -0.720. The minimum Gasteiger partial charge on any atom is -0.395 e. The second-order valence-electron chi connectivity index (χ2n) is 6.34. The van der Waals surface area contributed by atoms with Crippen LogP contribution in [-0.2, 0) is 15.6 Å². The van der Waals surface area contributed by atoms with Gasteiger partial charge in [-0.1, -0.05) is 64.7 Å². The van der Waals surface area contributed by atoms with Gasteiger partial charge < -0.3 is 15.1 Å². The number of hydrogen-bond acceptors (Lipinski definition) is 4. The molecule has 0 rings (SSSR count). The van der Waals surface area contributed by atoms with Gasteiger partial charge in [-0.05, 0) is 6.42 Å². The molecule has 0 saturated heterocycles. The van der Waals surface area contributed by atoms with Gasteiger partial charge in [0.1, 0.15) is 0 Å². The monoisotopic (exact) mass is 375 g/mol. The molecular weight excluding hydrogens is 338 g/mol. The number of carbonyl (C=O) groups excluding carboxylic acids is 1. The van der Waals surface area contributed by atoms with Gasteiger partial charge in [0.25, 0.3) is 0 Å². The Morgan fingerprint density at radius 2 is 1.36 bits per heavy atom. The molecule has 0 bridgehead atoms. The first kappa shape index (κ1) is 24.3. The summed E-state index contributed by atoms with van der Waals surface area (Å²) in [4.78, 5) is 13.2. The van der Waals surface area contributed by atoms with Crippen molar-refractivity contribution in [2.45, 2.75) is 71.1 Å². The fourth-order valence-corrected chi connectivity index (χ4v) is 3.51. The minimum atomic E-state index is -1.13. The molecule has 0 aliphatic rings. The van der Waals surface area contributed by atoms with Crippen LogP contribution < -0.4 is 0 Å².